The minimum atomic E-state index is -0.358. The molecule has 1 saturated heterocycles. The molecule has 1 amide bonds. The average Bonchev–Trinajstić information content (AvgIpc) is 3.00. The Morgan fingerprint density at radius 2 is 1.92 bits per heavy atom. The second-order valence-corrected chi connectivity index (χ2v) is 7.49. The Kier molecular flexibility index (Phi) is 7.97. The van der Waals surface area contributed by atoms with Crippen molar-refractivity contribution in [2.75, 3.05) is 12.9 Å². The summed E-state index contributed by atoms with van der Waals surface area (Å²) in [5, 5.41) is 3.10. The minimum Gasteiger partial charge on any atom is -0.469 e. The van der Waals surface area contributed by atoms with Gasteiger partial charge < -0.3 is 14.8 Å². The molecule has 1 aliphatic heterocycles. The summed E-state index contributed by atoms with van der Waals surface area (Å²) in [6.07, 6.45) is 2.42. The predicted octanol–water partition coefficient (Wildman–Crippen LogP) is 2.57. The van der Waals surface area contributed by atoms with E-state index in [-0.39, 0.29) is 35.2 Å². The van der Waals surface area contributed by atoms with Crippen LogP contribution < -0.4 is 5.32 Å². The Labute approximate surface area is 158 Å². The summed E-state index contributed by atoms with van der Waals surface area (Å²) in [4.78, 5) is 35.1. The topological polar surface area (TPSA) is 81.7 Å². The van der Waals surface area contributed by atoms with Gasteiger partial charge in [-0.1, -0.05) is 24.6 Å². The maximum absolute atomic E-state index is 12.4. The normalized spacial score (nSPS) is 21.8. The van der Waals surface area contributed by atoms with Crippen molar-refractivity contribution >= 4 is 29.6 Å². The van der Waals surface area contributed by atoms with Crippen molar-refractivity contribution in [1.82, 2.24) is 5.32 Å². The number of esters is 2. The number of ether oxygens (including phenoxy) is 2. The van der Waals surface area contributed by atoms with Gasteiger partial charge in [0.05, 0.1) is 13.2 Å². The van der Waals surface area contributed by atoms with Crippen molar-refractivity contribution in [1.29, 1.82) is 0 Å². The summed E-state index contributed by atoms with van der Waals surface area (Å²) in [6.45, 7) is 1.38. The molecule has 142 valence electrons. The van der Waals surface area contributed by atoms with Gasteiger partial charge in [0.1, 0.15) is 6.10 Å². The van der Waals surface area contributed by atoms with E-state index < -0.39 is 0 Å². The Balaban J connectivity index is 1.91. The third kappa shape index (κ3) is 6.05. The predicted molar refractivity (Wildman–Crippen MR) is 100.0 cm³/mol. The fourth-order valence-electron chi connectivity index (χ4n) is 2.96. The monoisotopic (exact) mass is 379 g/mol. The first-order chi connectivity index (χ1) is 12.5. The maximum atomic E-state index is 12.4. The lowest BCUT2D eigenvalue weighted by atomic mass is 10.0. The molecule has 1 N–H and O–H groups in total. The van der Waals surface area contributed by atoms with Crippen LogP contribution in [0.1, 0.15) is 43.0 Å². The SMILES string of the molecule is COC(=O)CCCC[C@H]1SC[C@@H](NC(=O)c2ccccc2)[C@@H]1OC(C)=O. The van der Waals surface area contributed by atoms with Crippen molar-refractivity contribution in [2.24, 2.45) is 0 Å². The highest BCUT2D eigenvalue weighted by Crippen LogP contribution is 2.33. The molecule has 0 bridgehead atoms. The molecule has 1 aromatic rings. The zero-order valence-corrected chi connectivity index (χ0v) is 15.9. The molecule has 0 spiro atoms. The fraction of sp³-hybridized carbons (Fsp3) is 0.526. The number of amides is 1. The Morgan fingerprint density at radius 3 is 2.58 bits per heavy atom. The summed E-state index contributed by atoms with van der Waals surface area (Å²) in [6, 6.07) is 8.76. The first-order valence-corrected chi connectivity index (χ1v) is 9.77. The Bertz CT molecular complexity index is 622. The van der Waals surface area contributed by atoms with Crippen LogP contribution in [-0.4, -0.2) is 48.1 Å². The second-order valence-electron chi connectivity index (χ2n) is 6.21. The molecule has 0 saturated carbocycles. The van der Waals surface area contributed by atoms with Crippen LogP contribution in [0.2, 0.25) is 0 Å². The van der Waals surface area contributed by atoms with Gasteiger partial charge in [-0.05, 0) is 25.0 Å². The van der Waals surface area contributed by atoms with E-state index >= 15 is 0 Å². The van der Waals surface area contributed by atoms with Crippen molar-refractivity contribution < 1.29 is 23.9 Å². The van der Waals surface area contributed by atoms with E-state index in [2.05, 4.69) is 10.1 Å². The number of benzene rings is 1. The molecule has 1 aliphatic rings. The summed E-state index contributed by atoms with van der Waals surface area (Å²) in [5.74, 6) is -0.0395. The van der Waals surface area contributed by atoms with Crippen LogP contribution >= 0.6 is 11.8 Å². The highest BCUT2D eigenvalue weighted by molar-refractivity contribution is 8.00. The zero-order valence-electron chi connectivity index (χ0n) is 15.1. The summed E-state index contributed by atoms with van der Waals surface area (Å²) in [5.41, 5.74) is 0.584. The van der Waals surface area contributed by atoms with Gasteiger partial charge in [0.15, 0.2) is 0 Å². The number of methoxy groups -OCH3 is 1. The largest absolute Gasteiger partial charge is 0.469 e. The molecule has 6 nitrogen and oxygen atoms in total. The van der Waals surface area contributed by atoms with Crippen LogP contribution in [-0.2, 0) is 19.1 Å². The molecule has 3 atom stereocenters. The lowest BCUT2D eigenvalue weighted by Crippen LogP contribution is -2.46. The summed E-state index contributed by atoms with van der Waals surface area (Å²) >= 11 is 1.69. The van der Waals surface area contributed by atoms with E-state index in [1.165, 1.54) is 14.0 Å². The molecular weight excluding hydrogens is 354 g/mol. The number of nitrogens with one attached hydrogen (secondary N) is 1. The number of carbonyl (C=O) groups excluding carboxylic acids is 3. The third-order valence-corrected chi connectivity index (χ3v) is 5.74. The highest BCUT2D eigenvalue weighted by Gasteiger charge is 2.39. The molecule has 0 aliphatic carbocycles. The van der Waals surface area contributed by atoms with Gasteiger partial charge in [0.25, 0.3) is 5.91 Å². The summed E-state index contributed by atoms with van der Waals surface area (Å²) < 4.78 is 10.1. The molecule has 1 aromatic carbocycles. The first kappa shape index (κ1) is 20.3. The van der Waals surface area contributed by atoms with Gasteiger partial charge in [0.2, 0.25) is 0 Å². The Morgan fingerprint density at radius 1 is 1.19 bits per heavy atom. The zero-order chi connectivity index (χ0) is 18.9. The van der Waals surface area contributed by atoms with Gasteiger partial charge in [-0.2, -0.15) is 11.8 Å². The molecule has 26 heavy (non-hydrogen) atoms. The van der Waals surface area contributed by atoms with E-state index in [1.54, 1.807) is 23.9 Å². The molecular formula is C19H25NO5S. The Hall–Kier alpha value is -2.02. The molecule has 0 aromatic heterocycles. The number of carbonyl (C=O) groups is 3. The van der Waals surface area contributed by atoms with E-state index in [0.717, 1.165) is 19.3 Å². The number of thioether (sulfide) groups is 1. The molecule has 0 radical (unpaired) electrons. The summed E-state index contributed by atoms with van der Waals surface area (Å²) in [7, 11) is 1.38. The van der Waals surface area contributed by atoms with Crippen LogP contribution in [0.25, 0.3) is 0 Å². The lowest BCUT2D eigenvalue weighted by molar-refractivity contribution is -0.147. The van der Waals surface area contributed by atoms with Gasteiger partial charge in [-0.15, -0.1) is 0 Å². The van der Waals surface area contributed by atoms with Crippen molar-refractivity contribution in [3.63, 3.8) is 0 Å². The highest BCUT2D eigenvalue weighted by atomic mass is 32.2. The van der Waals surface area contributed by atoms with Crippen LogP contribution in [0.5, 0.6) is 0 Å². The van der Waals surface area contributed by atoms with Crippen molar-refractivity contribution in [2.45, 2.75) is 50.0 Å². The van der Waals surface area contributed by atoms with Crippen LogP contribution in [0, 0.1) is 0 Å². The first-order valence-electron chi connectivity index (χ1n) is 8.73. The molecule has 0 unspecified atom stereocenters. The molecule has 1 heterocycles. The van der Waals surface area contributed by atoms with E-state index in [4.69, 9.17) is 4.74 Å². The van der Waals surface area contributed by atoms with E-state index in [1.807, 2.05) is 18.2 Å². The number of rotatable bonds is 8. The van der Waals surface area contributed by atoms with Gasteiger partial charge in [-0.3, -0.25) is 14.4 Å². The number of hydrogen-bond donors (Lipinski definition) is 1. The minimum absolute atomic E-state index is 0.109. The van der Waals surface area contributed by atoms with E-state index in [9.17, 15) is 14.4 Å². The third-order valence-electron chi connectivity index (χ3n) is 4.25. The lowest BCUT2D eigenvalue weighted by Gasteiger charge is -2.24. The van der Waals surface area contributed by atoms with Gasteiger partial charge in [-0.25, -0.2) is 0 Å². The second kappa shape index (κ2) is 10.2. The van der Waals surface area contributed by atoms with Crippen LogP contribution in [0.15, 0.2) is 30.3 Å². The average molecular weight is 379 g/mol. The van der Waals surface area contributed by atoms with Crippen molar-refractivity contribution in [3.8, 4) is 0 Å². The van der Waals surface area contributed by atoms with Gasteiger partial charge >= 0.3 is 11.9 Å². The number of hydrogen-bond acceptors (Lipinski definition) is 6. The quantitative estimate of drug-likeness (QED) is 0.552. The van der Waals surface area contributed by atoms with E-state index in [0.29, 0.717) is 17.7 Å². The maximum Gasteiger partial charge on any atom is 0.305 e. The standard InChI is InChI=1S/C19H25NO5S/c1-13(21)25-18-15(20-19(23)14-8-4-3-5-9-14)12-26-16(18)10-6-7-11-17(22)24-2/h3-5,8-9,15-16,18H,6-7,10-12H2,1-2H3,(H,20,23)/t15-,16-,18+/m1/s1. The van der Waals surface area contributed by atoms with Crippen molar-refractivity contribution in [3.05, 3.63) is 35.9 Å². The van der Waals surface area contributed by atoms with Gasteiger partial charge in [0, 0.05) is 29.9 Å². The van der Waals surface area contributed by atoms with Crippen LogP contribution in [0.3, 0.4) is 0 Å². The molecule has 2 rings (SSSR count). The smallest absolute Gasteiger partial charge is 0.305 e. The molecule has 7 heteroatoms. The molecule has 1 fully saturated rings. The fourth-order valence-corrected chi connectivity index (χ4v) is 4.45. The van der Waals surface area contributed by atoms with Crippen LogP contribution in [0.4, 0.5) is 0 Å². The number of unbranched alkanes of at least 4 members (excludes halogenated alkanes) is 1.